The molecule has 0 spiro atoms. The first-order chi connectivity index (χ1) is 8.18. The maximum atomic E-state index is 13.7. The van der Waals surface area contributed by atoms with E-state index in [0.717, 1.165) is 0 Å². The molecule has 0 atom stereocenters. The van der Waals surface area contributed by atoms with Crippen LogP contribution in [-0.2, 0) is 6.42 Å². The normalized spacial score (nSPS) is 10.2. The van der Waals surface area contributed by atoms with Crippen molar-refractivity contribution in [2.24, 2.45) is 0 Å². The van der Waals surface area contributed by atoms with Crippen molar-refractivity contribution in [3.8, 4) is 0 Å². The molecule has 0 fully saturated rings. The molecule has 0 radical (unpaired) electrons. The highest BCUT2D eigenvalue weighted by atomic mass is 19.1. The molecular formula is C14H12FNO. The molecule has 2 nitrogen and oxygen atoms in total. The number of ketones is 1. The quantitative estimate of drug-likeness (QED) is 0.757. The van der Waals surface area contributed by atoms with Crippen molar-refractivity contribution in [1.82, 2.24) is 4.98 Å². The summed E-state index contributed by atoms with van der Waals surface area (Å²) in [5, 5.41) is 0. The van der Waals surface area contributed by atoms with Gasteiger partial charge in [0.1, 0.15) is 5.82 Å². The number of aryl methyl sites for hydroxylation is 1. The standard InChI is InChI=1S/C14H12FNO/c1-10-5-4-7-12(14(10)15)13(17)9-11-6-2-3-8-16-11/h2-8H,9H2,1H3. The van der Waals surface area contributed by atoms with Gasteiger partial charge in [0, 0.05) is 11.9 Å². The third-order valence-corrected chi connectivity index (χ3v) is 2.56. The van der Waals surface area contributed by atoms with Gasteiger partial charge in [0.25, 0.3) is 0 Å². The molecule has 0 saturated carbocycles. The first-order valence-electron chi connectivity index (χ1n) is 5.36. The van der Waals surface area contributed by atoms with Crippen LogP contribution in [0, 0.1) is 12.7 Å². The molecule has 86 valence electrons. The van der Waals surface area contributed by atoms with E-state index in [1.54, 1.807) is 37.4 Å². The molecule has 0 aliphatic carbocycles. The number of benzene rings is 1. The van der Waals surface area contributed by atoms with E-state index in [2.05, 4.69) is 4.98 Å². The van der Waals surface area contributed by atoms with Crippen LogP contribution in [0.4, 0.5) is 4.39 Å². The van der Waals surface area contributed by atoms with Gasteiger partial charge in [-0.15, -0.1) is 0 Å². The number of carbonyl (C=O) groups excluding carboxylic acids is 1. The van der Waals surface area contributed by atoms with E-state index in [1.165, 1.54) is 6.07 Å². The number of hydrogen-bond donors (Lipinski definition) is 0. The zero-order chi connectivity index (χ0) is 12.3. The average molecular weight is 229 g/mol. The molecule has 1 aromatic heterocycles. The highest BCUT2D eigenvalue weighted by molar-refractivity contribution is 5.97. The van der Waals surface area contributed by atoms with Crippen LogP contribution in [-0.4, -0.2) is 10.8 Å². The minimum Gasteiger partial charge on any atom is -0.294 e. The summed E-state index contributed by atoms with van der Waals surface area (Å²) in [6, 6.07) is 10.2. The van der Waals surface area contributed by atoms with Crippen LogP contribution >= 0.6 is 0 Å². The monoisotopic (exact) mass is 229 g/mol. The van der Waals surface area contributed by atoms with E-state index in [0.29, 0.717) is 11.3 Å². The number of hydrogen-bond acceptors (Lipinski definition) is 2. The van der Waals surface area contributed by atoms with Gasteiger partial charge in [0.2, 0.25) is 0 Å². The number of Topliss-reactive ketones (excluding diaryl/α,β-unsaturated/α-hetero) is 1. The lowest BCUT2D eigenvalue weighted by molar-refractivity contribution is 0.0988. The smallest absolute Gasteiger partial charge is 0.171 e. The van der Waals surface area contributed by atoms with E-state index in [1.807, 2.05) is 6.07 Å². The number of rotatable bonds is 3. The molecule has 0 amide bonds. The summed E-state index contributed by atoms with van der Waals surface area (Å²) >= 11 is 0. The van der Waals surface area contributed by atoms with Crippen LogP contribution in [0.5, 0.6) is 0 Å². The van der Waals surface area contributed by atoms with E-state index >= 15 is 0 Å². The molecule has 0 N–H and O–H groups in total. The van der Waals surface area contributed by atoms with Crippen LogP contribution in [0.2, 0.25) is 0 Å². The predicted molar refractivity (Wildman–Crippen MR) is 63.4 cm³/mol. The van der Waals surface area contributed by atoms with Crippen LogP contribution in [0.15, 0.2) is 42.6 Å². The molecule has 0 unspecified atom stereocenters. The Bertz CT molecular complexity index is 537. The predicted octanol–water partition coefficient (Wildman–Crippen LogP) is 2.95. The third kappa shape index (κ3) is 2.56. The first-order valence-corrected chi connectivity index (χ1v) is 5.36. The molecule has 1 aromatic carbocycles. The van der Waals surface area contributed by atoms with Gasteiger partial charge in [-0.05, 0) is 30.7 Å². The average Bonchev–Trinajstić information content (AvgIpc) is 2.34. The fourth-order valence-electron chi connectivity index (χ4n) is 1.63. The minimum absolute atomic E-state index is 0.126. The summed E-state index contributed by atoms with van der Waals surface area (Å²) in [5.74, 6) is -0.682. The summed E-state index contributed by atoms with van der Waals surface area (Å²) in [6.07, 6.45) is 1.75. The topological polar surface area (TPSA) is 30.0 Å². The third-order valence-electron chi connectivity index (χ3n) is 2.56. The fourth-order valence-corrected chi connectivity index (χ4v) is 1.63. The van der Waals surface area contributed by atoms with Gasteiger partial charge < -0.3 is 0 Å². The highest BCUT2D eigenvalue weighted by Crippen LogP contribution is 2.14. The molecule has 1 heterocycles. The zero-order valence-corrected chi connectivity index (χ0v) is 9.48. The second-order valence-electron chi connectivity index (χ2n) is 3.86. The summed E-state index contributed by atoms with van der Waals surface area (Å²) in [7, 11) is 0. The summed E-state index contributed by atoms with van der Waals surface area (Å²) < 4.78 is 13.7. The summed E-state index contributed by atoms with van der Waals surface area (Å²) in [6.45, 7) is 1.65. The molecule has 0 bridgehead atoms. The summed E-state index contributed by atoms with van der Waals surface area (Å²) in [5.41, 5.74) is 1.27. The van der Waals surface area contributed by atoms with Gasteiger partial charge in [-0.1, -0.05) is 18.2 Å². The fraction of sp³-hybridized carbons (Fsp3) is 0.143. The Labute approximate surface area is 99.1 Å². The summed E-state index contributed by atoms with van der Waals surface area (Å²) in [4.78, 5) is 16.0. The van der Waals surface area contributed by atoms with Crippen molar-refractivity contribution in [2.45, 2.75) is 13.3 Å². The number of halogens is 1. The number of carbonyl (C=O) groups is 1. The van der Waals surface area contributed by atoms with Gasteiger partial charge in [0.15, 0.2) is 5.78 Å². The van der Waals surface area contributed by atoms with Crippen molar-refractivity contribution in [1.29, 1.82) is 0 Å². The van der Waals surface area contributed by atoms with Crippen LogP contribution in [0.3, 0.4) is 0 Å². The van der Waals surface area contributed by atoms with E-state index in [-0.39, 0.29) is 17.8 Å². The maximum absolute atomic E-state index is 13.7. The Kier molecular flexibility index (Phi) is 3.28. The van der Waals surface area contributed by atoms with E-state index in [9.17, 15) is 9.18 Å². The molecule has 0 saturated heterocycles. The first kappa shape index (κ1) is 11.5. The molecule has 0 aliphatic rings. The van der Waals surface area contributed by atoms with Crippen molar-refractivity contribution < 1.29 is 9.18 Å². The second-order valence-corrected chi connectivity index (χ2v) is 3.86. The molecule has 17 heavy (non-hydrogen) atoms. The van der Waals surface area contributed by atoms with Gasteiger partial charge >= 0.3 is 0 Å². The Balaban J connectivity index is 2.24. The lowest BCUT2D eigenvalue weighted by Crippen LogP contribution is -2.08. The molecule has 2 aromatic rings. The molecular weight excluding hydrogens is 217 g/mol. The molecule has 3 heteroatoms. The van der Waals surface area contributed by atoms with Gasteiger partial charge in [0.05, 0.1) is 12.0 Å². The number of aromatic nitrogens is 1. The lowest BCUT2D eigenvalue weighted by Gasteiger charge is -2.04. The van der Waals surface area contributed by atoms with Crippen molar-refractivity contribution in [3.63, 3.8) is 0 Å². The van der Waals surface area contributed by atoms with Gasteiger partial charge in [-0.3, -0.25) is 9.78 Å². The van der Waals surface area contributed by atoms with E-state index < -0.39 is 5.82 Å². The van der Waals surface area contributed by atoms with Crippen LogP contribution in [0.1, 0.15) is 21.6 Å². The van der Waals surface area contributed by atoms with Gasteiger partial charge in [-0.25, -0.2) is 4.39 Å². The molecule has 0 aliphatic heterocycles. The van der Waals surface area contributed by atoms with Gasteiger partial charge in [-0.2, -0.15) is 0 Å². The number of pyridine rings is 1. The van der Waals surface area contributed by atoms with Crippen molar-refractivity contribution >= 4 is 5.78 Å². The zero-order valence-electron chi connectivity index (χ0n) is 9.48. The Morgan fingerprint density at radius 3 is 2.76 bits per heavy atom. The lowest BCUT2D eigenvalue weighted by atomic mass is 10.0. The van der Waals surface area contributed by atoms with Crippen molar-refractivity contribution in [3.05, 3.63) is 65.2 Å². The van der Waals surface area contributed by atoms with Crippen LogP contribution in [0.25, 0.3) is 0 Å². The number of nitrogens with zero attached hydrogens (tertiary/aromatic N) is 1. The second kappa shape index (κ2) is 4.87. The maximum Gasteiger partial charge on any atom is 0.171 e. The minimum atomic E-state index is -0.437. The Morgan fingerprint density at radius 1 is 1.24 bits per heavy atom. The Morgan fingerprint density at radius 2 is 2.06 bits per heavy atom. The largest absolute Gasteiger partial charge is 0.294 e. The van der Waals surface area contributed by atoms with Crippen molar-refractivity contribution in [2.75, 3.05) is 0 Å². The Hall–Kier alpha value is -2.03. The van der Waals surface area contributed by atoms with E-state index in [4.69, 9.17) is 0 Å². The van der Waals surface area contributed by atoms with Crippen LogP contribution < -0.4 is 0 Å². The molecule has 2 rings (SSSR count). The SMILES string of the molecule is Cc1cccc(C(=O)Cc2ccccn2)c1F. The highest BCUT2D eigenvalue weighted by Gasteiger charge is 2.13.